The van der Waals surface area contributed by atoms with Crippen molar-refractivity contribution in [2.75, 3.05) is 26.1 Å². The molecule has 0 spiro atoms. The van der Waals surface area contributed by atoms with Crippen LogP contribution in [-0.2, 0) is 38.6 Å². The molecule has 0 heterocycles. The summed E-state index contributed by atoms with van der Waals surface area (Å²) in [5, 5.41) is 18.8. The Morgan fingerprint density at radius 2 is 1.79 bits per heavy atom. The van der Waals surface area contributed by atoms with Crippen molar-refractivity contribution in [3.63, 3.8) is 0 Å². The monoisotopic (exact) mass is 581 g/mol. The van der Waals surface area contributed by atoms with E-state index in [1.807, 2.05) is 36.4 Å². The van der Waals surface area contributed by atoms with Crippen LogP contribution in [0, 0.1) is 0 Å². The smallest absolute Gasteiger partial charge is 0.211 e. The van der Waals surface area contributed by atoms with E-state index in [0.717, 1.165) is 23.8 Å². The SMILES string of the molecule is CCc1ccc(COC(O)C(CCCc2cc(OC)c(OCCC/C=C/C(C=O)=C\NC)cc2NC=O)NC=O)cc1. The van der Waals surface area contributed by atoms with Crippen LogP contribution in [-0.4, -0.2) is 57.3 Å². The van der Waals surface area contributed by atoms with Gasteiger partial charge in [-0.25, -0.2) is 0 Å². The molecule has 2 rings (SSSR count). The van der Waals surface area contributed by atoms with E-state index in [9.17, 15) is 19.5 Å². The molecule has 0 aliphatic carbocycles. The number of methoxy groups -OCH3 is 1. The minimum Gasteiger partial charge on any atom is -0.493 e. The van der Waals surface area contributed by atoms with Crippen LogP contribution in [0.1, 0.15) is 49.3 Å². The minimum absolute atomic E-state index is 0.220. The first-order valence-corrected chi connectivity index (χ1v) is 14.1. The largest absolute Gasteiger partial charge is 0.493 e. The Balaban J connectivity index is 1.96. The van der Waals surface area contributed by atoms with Gasteiger partial charge in [0.05, 0.1) is 26.4 Å². The van der Waals surface area contributed by atoms with Crippen molar-refractivity contribution in [2.45, 2.75) is 64.4 Å². The Kier molecular flexibility index (Phi) is 16.1. The van der Waals surface area contributed by atoms with E-state index < -0.39 is 12.3 Å². The molecule has 0 aromatic heterocycles. The summed E-state index contributed by atoms with van der Waals surface area (Å²) in [7, 11) is 3.28. The van der Waals surface area contributed by atoms with Crippen molar-refractivity contribution in [3.05, 3.63) is 77.0 Å². The van der Waals surface area contributed by atoms with Crippen LogP contribution in [0.25, 0.3) is 0 Å². The lowest BCUT2D eigenvalue weighted by Crippen LogP contribution is -2.40. The lowest BCUT2D eigenvalue weighted by Gasteiger charge is -2.23. The number of benzene rings is 2. The van der Waals surface area contributed by atoms with Crippen LogP contribution < -0.4 is 25.4 Å². The lowest BCUT2D eigenvalue weighted by molar-refractivity contribution is -0.135. The normalized spacial score (nSPS) is 12.8. The van der Waals surface area contributed by atoms with Gasteiger partial charge in [-0.05, 0) is 61.3 Å². The number of aryl methyl sites for hydroxylation is 2. The summed E-state index contributed by atoms with van der Waals surface area (Å²) < 4.78 is 17.1. The number of ether oxygens (including phenoxy) is 3. The van der Waals surface area contributed by atoms with Crippen LogP contribution in [0.4, 0.5) is 5.69 Å². The van der Waals surface area contributed by atoms with Gasteiger partial charge in [0.25, 0.3) is 0 Å². The number of unbranched alkanes of at least 4 members (excludes halogenated alkanes) is 1. The maximum atomic E-state index is 11.3. The number of allylic oxidation sites excluding steroid dienone is 3. The van der Waals surface area contributed by atoms with Crippen molar-refractivity contribution in [1.29, 1.82) is 0 Å². The van der Waals surface area contributed by atoms with Gasteiger partial charge in [-0.15, -0.1) is 0 Å². The Labute approximate surface area is 248 Å². The molecule has 228 valence electrons. The highest BCUT2D eigenvalue weighted by Gasteiger charge is 2.20. The van der Waals surface area contributed by atoms with E-state index >= 15 is 0 Å². The summed E-state index contributed by atoms with van der Waals surface area (Å²) in [6.07, 6.45) is 9.96. The van der Waals surface area contributed by atoms with E-state index in [1.54, 1.807) is 32.5 Å². The molecule has 0 saturated carbocycles. The molecule has 0 fully saturated rings. The molecule has 10 heteroatoms. The molecule has 2 unspecified atom stereocenters. The summed E-state index contributed by atoms with van der Waals surface area (Å²) in [6.45, 7) is 2.71. The summed E-state index contributed by atoms with van der Waals surface area (Å²) in [5.74, 6) is 1.02. The van der Waals surface area contributed by atoms with Gasteiger partial charge in [0.1, 0.15) is 0 Å². The van der Waals surface area contributed by atoms with Crippen molar-refractivity contribution < 1.29 is 33.7 Å². The summed E-state index contributed by atoms with van der Waals surface area (Å²) in [4.78, 5) is 33.5. The van der Waals surface area contributed by atoms with Crippen molar-refractivity contribution in [3.8, 4) is 11.5 Å². The number of carbonyl (C=O) groups is 3. The van der Waals surface area contributed by atoms with Crippen molar-refractivity contribution in [1.82, 2.24) is 10.6 Å². The van der Waals surface area contributed by atoms with E-state index in [1.165, 1.54) is 5.56 Å². The predicted octanol–water partition coefficient (Wildman–Crippen LogP) is 3.82. The zero-order valence-electron chi connectivity index (χ0n) is 24.6. The number of amides is 2. The highest BCUT2D eigenvalue weighted by atomic mass is 16.6. The zero-order chi connectivity index (χ0) is 30.6. The Hall–Kier alpha value is -4.15. The highest BCUT2D eigenvalue weighted by molar-refractivity contribution is 5.77. The van der Waals surface area contributed by atoms with E-state index in [-0.39, 0.29) is 6.61 Å². The molecular weight excluding hydrogens is 538 g/mol. The van der Waals surface area contributed by atoms with Crippen LogP contribution in [0.15, 0.2) is 60.3 Å². The number of hydrogen-bond acceptors (Lipinski definition) is 8. The first kappa shape index (κ1) is 34.1. The van der Waals surface area contributed by atoms with Gasteiger partial charge in [-0.2, -0.15) is 0 Å². The predicted molar refractivity (Wildman–Crippen MR) is 162 cm³/mol. The maximum absolute atomic E-state index is 11.3. The highest BCUT2D eigenvalue weighted by Crippen LogP contribution is 2.34. The van der Waals surface area contributed by atoms with Crippen LogP contribution in [0.3, 0.4) is 0 Å². The third-order valence-electron chi connectivity index (χ3n) is 6.57. The van der Waals surface area contributed by atoms with Gasteiger partial charge in [-0.3, -0.25) is 14.4 Å². The fourth-order valence-electron chi connectivity index (χ4n) is 4.25. The number of hydrogen-bond donors (Lipinski definition) is 4. The van der Waals surface area contributed by atoms with E-state index in [4.69, 9.17) is 14.2 Å². The number of anilines is 1. The molecule has 0 aliphatic heterocycles. The molecule has 2 aromatic rings. The number of rotatable bonds is 22. The number of aliphatic hydroxyl groups is 1. The van der Waals surface area contributed by atoms with Crippen LogP contribution >= 0.6 is 0 Å². The fourth-order valence-corrected chi connectivity index (χ4v) is 4.25. The topological polar surface area (TPSA) is 135 Å². The number of aldehydes is 1. The molecule has 42 heavy (non-hydrogen) atoms. The second-order valence-electron chi connectivity index (χ2n) is 9.52. The molecule has 0 saturated heterocycles. The zero-order valence-corrected chi connectivity index (χ0v) is 24.6. The minimum atomic E-state index is -1.18. The van der Waals surface area contributed by atoms with Gasteiger partial charge in [0.2, 0.25) is 12.8 Å². The Bertz CT molecular complexity index is 1170. The average molecular weight is 582 g/mol. The summed E-state index contributed by atoms with van der Waals surface area (Å²) >= 11 is 0. The van der Waals surface area contributed by atoms with E-state index in [0.29, 0.717) is 74.3 Å². The fraction of sp³-hybridized carbons (Fsp3) is 0.406. The Morgan fingerprint density at radius 3 is 2.43 bits per heavy atom. The van der Waals surface area contributed by atoms with Gasteiger partial charge in [0, 0.05) is 30.6 Å². The number of nitrogens with one attached hydrogen (secondary N) is 3. The molecular formula is C32H43N3O7. The lowest BCUT2D eigenvalue weighted by atomic mass is 10.0. The van der Waals surface area contributed by atoms with Gasteiger partial charge >= 0.3 is 0 Å². The third kappa shape index (κ3) is 11.8. The molecule has 10 nitrogen and oxygen atoms in total. The second-order valence-corrected chi connectivity index (χ2v) is 9.52. The first-order valence-electron chi connectivity index (χ1n) is 14.1. The average Bonchev–Trinajstić information content (AvgIpc) is 3.01. The molecule has 0 bridgehead atoms. The summed E-state index contributed by atoms with van der Waals surface area (Å²) in [6, 6.07) is 10.9. The molecule has 4 N–H and O–H groups in total. The second kappa shape index (κ2) is 19.8. The standard InChI is InChI=1S/C32H43N3O7/c1-4-24-12-14-25(15-13-24)21-42-32(39)28(34-22-37)11-8-10-27-17-30(40-3)31(18-29(27)35-23-38)41-16-7-5-6-9-26(20-36)19-33-2/h6,9,12-15,17-20,22-23,28,32-33,39H,4-5,7-8,10-11,16,21H2,1-3H3,(H,34,37)(H,35,38)/b9-6+,26-19+. The molecule has 2 atom stereocenters. The van der Waals surface area contributed by atoms with Gasteiger partial charge < -0.3 is 35.3 Å². The van der Waals surface area contributed by atoms with Gasteiger partial charge in [0.15, 0.2) is 24.1 Å². The van der Waals surface area contributed by atoms with E-state index in [2.05, 4.69) is 22.9 Å². The molecule has 0 radical (unpaired) electrons. The molecule has 2 aromatic carbocycles. The molecule has 0 aliphatic rings. The maximum Gasteiger partial charge on any atom is 0.211 e. The quantitative estimate of drug-likeness (QED) is 0.0542. The number of aliphatic hydroxyl groups excluding tert-OH is 1. The first-order chi connectivity index (χ1) is 20.5. The molecule has 2 amide bonds. The van der Waals surface area contributed by atoms with Crippen LogP contribution in [0.2, 0.25) is 0 Å². The van der Waals surface area contributed by atoms with Crippen molar-refractivity contribution in [2.24, 2.45) is 0 Å². The summed E-state index contributed by atoms with van der Waals surface area (Å²) in [5.41, 5.74) is 4.11. The third-order valence-corrected chi connectivity index (χ3v) is 6.57. The number of carbonyl (C=O) groups excluding carboxylic acids is 3. The van der Waals surface area contributed by atoms with Crippen molar-refractivity contribution >= 4 is 24.8 Å². The van der Waals surface area contributed by atoms with Gasteiger partial charge in [-0.1, -0.05) is 43.3 Å². The Morgan fingerprint density at radius 1 is 1.02 bits per heavy atom. The van der Waals surface area contributed by atoms with Crippen LogP contribution in [0.5, 0.6) is 11.5 Å².